The third-order valence-electron chi connectivity index (χ3n) is 6.90. The van der Waals surface area contributed by atoms with Crippen LogP contribution in [0.4, 0.5) is 0 Å². The van der Waals surface area contributed by atoms with E-state index >= 15 is 0 Å². The number of benzene rings is 7. The van der Waals surface area contributed by atoms with Crippen LogP contribution in [-0.2, 0) is 0 Å². The van der Waals surface area contributed by atoms with E-state index in [1.807, 2.05) is 54.6 Å². The van der Waals surface area contributed by atoms with Gasteiger partial charge in [-0.15, -0.1) is 0 Å². The topological polar surface area (TPSA) is 13.1 Å². The van der Waals surface area contributed by atoms with Gasteiger partial charge in [0, 0.05) is 10.8 Å². The van der Waals surface area contributed by atoms with E-state index in [4.69, 9.17) is 19.5 Å². The van der Waals surface area contributed by atoms with Gasteiger partial charge in [-0.05, 0) is 66.7 Å². The van der Waals surface area contributed by atoms with Crippen LogP contribution in [0, 0.1) is 0 Å². The van der Waals surface area contributed by atoms with E-state index in [2.05, 4.69) is 0 Å². The Morgan fingerprint density at radius 2 is 1.11 bits per heavy atom. The smallest absolute Gasteiger partial charge is 0.136 e. The molecule has 0 saturated heterocycles. The maximum atomic E-state index is 8.88. The lowest BCUT2D eigenvalue weighted by Crippen LogP contribution is -1.91. The molecule has 8 aromatic rings. The molecule has 0 spiro atoms. The SMILES string of the molecule is [2H]c1c([2H])c([2H])c(-c2c3ccccc3c(-c3cccc4oc5c([2H])c([2H])c6c([2H])c([2H])c([2H])c([2H])c6c5c34)c3ccccc23)c([2H])c1[2H]. The molecular weight excluding hydrogens is 448 g/mol. The molecule has 37 heavy (non-hydrogen) atoms. The van der Waals surface area contributed by atoms with Crippen LogP contribution in [0.1, 0.15) is 15.1 Å². The molecule has 0 aliphatic heterocycles. The highest BCUT2D eigenvalue weighted by Gasteiger charge is 2.20. The molecule has 0 radical (unpaired) electrons. The third-order valence-corrected chi connectivity index (χ3v) is 6.90. The molecular formula is C36H22O. The first kappa shape index (κ1) is 12.4. The summed E-state index contributed by atoms with van der Waals surface area (Å²) in [6.07, 6.45) is 0. The van der Waals surface area contributed by atoms with Gasteiger partial charge in [-0.2, -0.15) is 0 Å². The van der Waals surface area contributed by atoms with Gasteiger partial charge in [0.2, 0.25) is 0 Å². The van der Waals surface area contributed by atoms with Crippen molar-refractivity contribution in [2.45, 2.75) is 0 Å². The number of fused-ring (bicyclic) bond motifs is 7. The second kappa shape index (κ2) is 7.81. The molecule has 0 unspecified atom stereocenters. The lowest BCUT2D eigenvalue weighted by molar-refractivity contribution is 0.669. The van der Waals surface area contributed by atoms with E-state index in [0.717, 1.165) is 5.56 Å². The monoisotopic (exact) mass is 481 g/mol. The van der Waals surface area contributed by atoms with Crippen LogP contribution in [-0.4, -0.2) is 0 Å². The molecule has 172 valence electrons. The molecule has 0 aliphatic carbocycles. The zero-order chi connectivity index (χ0) is 33.9. The average Bonchev–Trinajstić information content (AvgIpc) is 3.49. The molecule has 1 heteroatoms. The van der Waals surface area contributed by atoms with Crippen molar-refractivity contribution < 1.29 is 19.5 Å². The van der Waals surface area contributed by atoms with Gasteiger partial charge in [0.15, 0.2) is 0 Å². The number of hydrogen-bond donors (Lipinski definition) is 0. The largest absolute Gasteiger partial charge is 0.456 e. The van der Waals surface area contributed by atoms with Crippen molar-refractivity contribution in [3.05, 3.63) is 133 Å². The molecule has 0 fully saturated rings. The van der Waals surface area contributed by atoms with E-state index in [1.165, 1.54) is 0 Å². The molecule has 7 aromatic carbocycles. The molecule has 0 N–H and O–H groups in total. The van der Waals surface area contributed by atoms with E-state index in [1.54, 1.807) is 12.1 Å². The van der Waals surface area contributed by atoms with Crippen LogP contribution in [0.25, 0.3) is 76.5 Å². The fourth-order valence-corrected chi connectivity index (χ4v) is 5.46. The van der Waals surface area contributed by atoms with Crippen molar-refractivity contribution >= 4 is 54.3 Å². The first-order valence-electron chi connectivity index (χ1n) is 17.3. The van der Waals surface area contributed by atoms with Crippen LogP contribution < -0.4 is 0 Å². The fraction of sp³-hybridized carbons (Fsp3) is 0. The van der Waals surface area contributed by atoms with Crippen molar-refractivity contribution in [2.24, 2.45) is 0 Å². The minimum Gasteiger partial charge on any atom is -0.456 e. The summed E-state index contributed by atoms with van der Waals surface area (Å²) in [5, 5.41) is 3.50. The van der Waals surface area contributed by atoms with Gasteiger partial charge in [0.1, 0.15) is 11.2 Å². The van der Waals surface area contributed by atoms with Gasteiger partial charge in [0.25, 0.3) is 0 Å². The highest BCUT2D eigenvalue weighted by atomic mass is 16.3. The second-order valence-electron chi connectivity index (χ2n) is 8.83. The standard InChI is InChI=1S/C36H22O/c1-2-12-24(13-3-1)33-26-15-6-8-17-28(26)34(29-18-9-7-16-27(29)33)30-19-10-20-31-36(30)35-25-14-5-4-11-23(25)21-22-32(35)37-31/h1-22H/i1D,2D,3D,4D,5D,11D,12D,13D,14D,21D,22D. The Bertz CT molecular complexity index is 2660. The molecule has 0 bridgehead atoms. The van der Waals surface area contributed by atoms with Gasteiger partial charge in [-0.1, -0.05) is 121 Å². The minimum absolute atomic E-state index is 0.0318. The molecule has 1 heterocycles. The van der Waals surface area contributed by atoms with Crippen molar-refractivity contribution in [3.63, 3.8) is 0 Å². The van der Waals surface area contributed by atoms with Gasteiger partial charge in [-0.3, -0.25) is 0 Å². The average molecular weight is 482 g/mol. The molecule has 0 saturated carbocycles. The molecule has 0 amide bonds. The molecule has 0 aliphatic rings. The normalized spacial score (nSPS) is 15.9. The Hall–Kier alpha value is -4.88. The summed E-state index contributed by atoms with van der Waals surface area (Å²) in [6.45, 7) is 0. The number of furan rings is 1. The molecule has 8 rings (SSSR count). The molecule has 0 atom stereocenters. The van der Waals surface area contributed by atoms with Crippen LogP contribution >= 0.6 is 0 Å². The van der Waals surface area contributed by atoms with Crippen LogP contribution in [0.15, 0.2) is 138 Å². The second-order valence-corrected chi connectivity index (χ2v) is 8.83. The quantitative estimate of drug-likeness (QED) is 0.224. The van der Waals surface area contributed by atoms with Gasteiger partial charge < -0.3 is 4.42 Å². The zero-order valence-corrected chi connectivity index (χ0v) is 19.3. The third kappa shape index (κ3) is 2.92. The highest BCUT2D eigenvalue weighted by Crippen LogP contribution is 2.47. The van der Waals surface area contributed by atoms with E-state index in [0.29, 0.717) is 49.0 Å². The number of rotatable bonds is 2. The van der Waals surface area contributed by atoms with Gasteiger partial charge in [-0.25, -0.2) is 0 Å². The van der Waals surface area contributed by atoms with E-state index in [-0.39, 0.29) is 52.1 Å². The van der Waals surface area contributed by atoms with Gasteiger partial charge in [0.05, 0.1) is 15.1 Å². The van der Waals surface area contributed by atoms with Crippen LogP contribution in [0.3, 0.4) is 0 Å². The predicted molar refractivity (Wildman–Crippen MR) is 157 cm³/mol. The summed E-state index contributed by atoms with van der Waals surface area (Å²) in [4.78, 5) is 0. The highest BCUT2D eigenvalue weighted by molar-refractivity contribution is 6.28. The Morgan fingerprint density at radius 3 is 1.84 bits per heavy atom. The van der Waals surface area contributed by atoms with Crippen molar-refractivity contribution in [2.75, 3.05) is 0 Å². The van der Waals surface area contributed by atoms with Crippen molar-refractivity contribution in [3.8, 4) is 22.3 Å². The summed E-state index contributed by atoms with van der Waals surface area (Å²) in [5.74, 6) is 0. The summed E-state index contributed by atoms with van der Waals surface area (Å²) in [5.41, 5.74) is 2.31. The lowest BCUT2D eigenvalue weighted by atomic mass is 9.85. The van der Waals surface area contributed by atoms with Crippen molar-refractivity contribution in [1.29, 1.82) is 0 Å². The summed E-state index contributed by atoms with van der Waals surface area (Å²) in [7, 11) is 0. The fourth-order valence-electron chi connectivity index (χ4n) is 5.46. The predicted octanol–water partition coefficient (Wildman–Crippen LogP) is 10.4. The number of hydrogen-bond acceptors (Lipinski definition) is 1. The van der Waals surface area contributed by atoms with E-state index < -0.39 is 36.3 Å². The summed E-state index contributed by atoms with van der Waals surface area (Å²) >= 11 is 0. The Kier molecular flexibility index (Phi) is 2.61. The van der Waals surface area contributed by atoms with Crippen LogP contribution in [0.2, 0.25) is 0 Å². The first-order chi connectivity index (χ1) is 23.0. The molecule has 1 nitrogen and oxygen atoms in total. The molecule has 1 aromatic heterocycles. The Balaban J connectivity index is 1.62. The maximum absolute atomic E-state index is 8.88. The van der Waals surface area contributed by atoms with Gasteiger partial charge >= 0.3 is 0 Å². The summed E-state index contributed by atoms with van der Waals surface area (Å²) in [6, 6.07) is 15.8. The first-order valence-corrected chi connectivity index (χ1v) is 11.8. The van der Waals surface area contributed by atoms with Crippen LogP contribution in [0.5, 0.6) is 0 Å². The minimum atomic E-state index is -0.493. The summed E-state index contributed by atoms with van der Waals surface area (Å²) < 4.78 is 101. The van der Waals surface area contributed by atoms with Crippen molar-refractivity contribution in [1.82, 2.24) is 0 Å². The van der Waals surface area contributed by atoms with E-state index in [9.17, 15) is 0 Å². The zero-order valence-electron chi connectivity index (χ0n) is 30.3. The lowest BCUT2D eigenvalue weighted by Gasteiger charge is -2.18. The maximum Gasteiger partial charge on any atom is 0.136 e. The Labute approximate surface area is 229 Å². The Morgan fingerprint density at radius 1 is 0.459 bits per heavy atom.